The zero-order valence-corrected chi connectivity index (χ0v) is 18.5. The summed E-state index contributed by atoms with van der Waals surface area (Å²) in [7, 11) is 0. The Morgan fingerprint density at radius 3 is 1.69 bits per heavy atom. The van der Waals surface area contributed by atoms with E-state index in [1.807, 2.05) is 13.8 Å². The number of hydrogen-bond acceptors (Lipinski definition) is 6. The third-order valence-corrected chi connectivity index (χ3v) is 3.77. The molecule has 0 aromatic carbocycles. The maximum absolute atomic E-state index is 12.4. The fraction of sp³-hybridized carbons (Fsp3) is 0.778. The molecule has 0 heterocycles. The van der Waals surface area contributed by atoms with Crippen LogP contribution in [-0.2, 0) is 23.9 Å². The Balaban J connectivity index is 0. The molecular weight excluding hydrogens is 349 g/mol. The zero-order chi connectivity index (χ0) is 19.2. The molecule has 0 spiro atoms. The van der Waals surface area contributed by atoms with Gasteiger partial charge >= 0.3 is 35.5 Å². The molecule has 1 unspecified atom stereocenters. The molecule has 0 aromatic rings. The Kier molecular flexibility index (Phi) is 17.1. The van der Waals surface area contributed by atoms with Crippen LogP contribution in [0, 0.1) is 0 Å². The third-order valence-electron chi connectivity index (χ3n) is 3.77. The number of nitrogens with zero attached hydrogens (tertiary/aromatic N) is 1. The number of rotatable bonds is 13. The van der Waals surface area contributed by atoms with Gasteiger partial charge in [-0.25, -0.2) is 0 Å². The van der Waals surface area contributed by atoms with Crippen molar-refractivity contribution in [1.82, 2.24) is 4.90 Å². The molecule has 0 aliphatic heterocycles. The first-order valence-electron chi connectivity index (χ1n) is 9.10. The number of carbonyl (C=O) groups excluding carboxylic acids is 4. The van der Waals surface area contributed by atoms with Gasteiger partial charge in [0, 0.05) is 12.8 Å². The van der Waals surface area contributed by atoms with Gasteiger partial charge in [0.05, 0.1) is 25.0 Å². The van der Waals surface area contributed by atoms with Crippen molar-refractivity contribution < 1.29 is 58.6 Å². The Morgan fingerprint density at radius 1 is 0.885 bits per heavy atom. The van der Waals surface area contributed by atoms with E-state index in [-0.39, 0.29) is 49.0 Å². The summed E-state index contributed by atoms with van der Waals surface area (Å²) in [4.78, 5) is 48.7. The molecule has 0 aliphatic carbocycles. The number of esters is 1. The number of ether oxygens (including phenoxy) is 1. The van der Waals surface area contributed by atoms with Crippen LogP contribution in [0.1, 0.15) is 78.6 Å². The summed E-state index contributed by atoms with van der Waals surface area (Å²) in [6.07, 6.45) is 4.07. The molecule has 0 bridgehead atoms. The van der Waals surface area contributed by atoms with Crippen LogP contribution in [0.4, 0.5) is 0 Å². The van der Waals surface area contributed by atoms with Gasteiger partial charge in [0.15, 0.2) is 0 Å². The quantitative estimate of drug-likeness (QED) is 0.221. The van der Waals surface area contributed by atoms with Gasteiger partial charge in [-0.3, -0.25) is 19.3 Å². The summed E-state index contributed by atoms with van der Waals surface area (Å²) in [5.74, 6) is -3.55. The molecule has 1 atom stereocenters. The molecular formula is C18H30NNaO6. The van der Waals surface area contributed by atoms with Crippen molar-refractivity contribution in [2.75, 3.05) is 6.61 Å². The van der Waals surface area contributed by atoms with E-state index in [2.05, 4.69) is 0 Å². The van der Waals surface area contributed by atoms with E-state index < -0.39 is 36.2 Å². The molecule has 0 saturated carbocycles. The first-order valence-corrected chi connectivity index (χ1v) is 9.10. The average Bonchev–Trinajstić information content (AvgIpc) is 2.54. The minimum absolute atomic E-state index is 0. The molecule has 0 fully saturated rings. The minimum Gasteiger partial charge on any atom is -0.548 e. The monoisotopic (exact) mass is 379 g/mol. The van der Waals surface area contributed by atoms with E-state index in [1.54, 1.807) is 6.92 Å². The van der Waals surface area contributed by atoms with Gasteiger partial charge in [-0.05, 0) is 19.8 Å². The third kappa shape index (κ3) is 10.9. The van der Waals surface area contributed by atoms with Gasteiger partial charge in [-0.2, -0.15) is 0 Å². The van der Waals surface area contributed by atoms with E-state index in [9.17, 15) is 24.3 Å². The van der Waals surface area contributed by atoms with Crippen LogP contribution in [-0.4, -0.2) is 41.3 Å². The fourth-order valence-electron chi connectivity index (χ4n) is 2.44. The molecule has 0 aromatic heterocycles. The summed E-state index contributed by atoms with van der Waals surface area (Å²) >= 11 is 0. The van der Waals surface area contributed by atoms with Gasteiger partial charge in [-0.1, -0.05) is 39.5 Å². The summed E-state index contributed by atoms with van der Waals surface area (Å²) in [5, 5.41) is 11.5. The Hall–Kier alpha value is -0.920. The molecule has 0 rings (SSSR count). The van der Waals surface area contributed by atoms with Crippen molar-refractivity contribution in [2.45, 2.75) is 84.6 Å². The maximum atomic E-state index is 12.4. The first-order chi connectivity index (χ1) is 11.9. The van der Waals surface area contributed by atoms with Crippen LogP contribution in [0.2, 0.25) is 0 Å². The van der Waals surface area contributed by atoms with Crippen molar-refractivity contribution in [2.24, 2.45) is 0 Å². The summed E-state index contributed by atoms with van der Waals surface area (Å²) in [6, 6.07) is -1.62. The van der Waals surface area contributed by atoms with Gasteiger partial charge in [-0.15, -0.1) is 0 Å². The number of imide groups is 1. The van der Waals surface area contributed by atoms with Crippen LogP contribution >= 0.6 is 0 Å². The van der Waals surface area contributed by atoms with Crippen LogP contribution in [0.15, 0.2) is 0 Å². The van der Waals surface area contributed by atoms with E-state index in [4.69, 9.17) is 4.74 Å². The molecule has 0 aliphatic rings. The number of unbranched alkanes of at least 4 members (excludes halogenated alkanes) is 4. The van der Waals surface area contributed by atoms with Crippen molar-refractivity contribution in [3.05, 3.63) is 0 Å². The van der Waals surface area contributed by atoms with Crippen LogP contribution in [0.25, 0.3) is 0 Å². The second-order valence-corrected chi connectivity index (χ2v) is 5.92. The molecule has 0 radical (unpaired) electrons. The predicted octanol–water partition coefficient (Wildman–Crippen LogP) is -1.42. The number of carboxylic acid groups (broad SMARTS) is 1. The Labute approximate surface area is 178 Å². The number of carboxylic acids is 1. The summed E-state index contributed by atoms with van der Waals surface area (Å²) < 4.78 is 4.75. The van der Waals surface area contributed by atoms with Gasteiger partial charge < -0.3 is 14.6 Å². The standard InChI is InChI=1S/C18H31NO6.Na/c1-4-7-9-11-15(20)19(16(21)12-10-8-5-2)14(18(23)24)13-17(22)25-6-3;/h14H,4-13H2,1-3H3,(H,23,24);/q;+1/p-1. The van der Waals surface area contributed by atoms with E-state index in [1.165, 1.54) is 0 Å². The number of amides is 2. The summed E-state index contributed by atoms with van der Waals surface area (Å²) in [6.45, 7) is 5.63. The van der Waals surface area contributed by atoms with Crippen molar-refractivity contribution in [3.63, 3.8) is 0 Å². The average molecular weight is 379 g/mol. The van der Waals surface area contributed by atoms with E-state index in [0.717, 1.165) is 25.7 Å². The fourth-order valence-corrected chi connectivity index (χ4v) is 2.44. The molecule has 26 heavy (non-hydrogen) atoms. The second-order valence-electron chi connectivity index (χ2n) is 5.92. The summed E-state index contributed by atoms with van der Waals surface area (Å²) in [5.41, 5.74) is 0. The van der Waals surface area contributed by atoms with Crippen molar-refractivity contribution >= 4 is 23.8 Å². The van der Waals surface area contributed by atoms with Gasteiger partial charge in [0.1, 0.15) is 0 Å². The first kappa shape index (κ1) is 27.3. The minimum atomic E-state index is -1.62. The second kappa shape index (κ2) is 16.3. The van der Waals surface area contributed by atoms with Crippen LogP contribution in [0.3, 0.4) is 0 Å². The van der Waals surface area contributed by atoms with Crippen LogP contribution in [0.5, 0.6) is 0 Å². The number of hydrogen-bond donors (Lipinski definition) is 0. The molecule has 7 nitrogen and oxygen atoms in total. The van der Waals surface area contributed by atoms with Gasteiger partial charge in [0.25, 0.3) is 0 Å². The largest absolute Gasteiger partial charge is 1.00 e. The topological polar surface area (TPSA) is 104 Å². The molecule has 2 amide bonds. The van der Waals surface area contributed by atoms with E-state index in [0.29, 0.717) is 17.7 Å². The molecule has 0 N–H and O–H groups in total. The van der Waals surface area contributed by atoms with Gasteiger partial charge in [0.2, 0.25) is 11.8 Å². The maximum Gasteiger partial charge on any atom is 1.00 e. The predicted molar refractivity (Wildman–Crippen MR) is 90.2 cm³/mol. The number of aliphatic carboxylic acids is 1. The molecule has 8 heteroatoms. The van der Waals surface area contributed by atoms with Crippen LogP contribution < -0.4 is 34.7 Å². The normalized spacial score (nSPS) is 11.2. The SMILES string of the molecule is CCCCCC(=O)N(C(=O)CCCCC)C(CC(=O)OCC)C(=O)[O-].[Na+]. The van der Waals surface area contributed by atoms with E-state index >= 15 is 0 Å². The molecule has 0 saturated heterocycles. The van der Waals surface area contributed by atoms with Crippen molar-refractivity contribution in [1.29, 1.82) is 0 Å². The van der Waals surface area contributed by atoms with Crippen molar-refractivity contribution in [3.8, 4) is 0 Å². The molecule has 144 valence electrons. The Morgan fingerprint density at radius 2 is 1.35 bits per heavy atom. The smallest absolute Gasteiger partial charge is 0.548 e. The number of carbonyl (C=O) groups is 4. The Bertz CT molecular complexity index is 433. The zero-order valence-electron chi connectivity index (χ0n) is 16.5.